The Morgan fingerprint density at radius 1 is 1.06 bits per heavy atom. The lowest BCUT2D eigenvalue weighted by Gasteiger charge is -2.00. The number of carbonyl (C=O) groups excluding carboxylic acids is 1. The Kier molecular flexibility index (Phi) is 2.99. The maximum absolute atomic E-state index is 11.9. The summed E-state index contributed by atoms with van der Waals surface area (Å²) in [5, 5.41) is 4.39. The van der Waals surface area contributed by atoms with Crippen LogP contribution < -0.4 is 0 Å². The molecule has 2 nitrogen and oxygen atoms in total. The summed E-state index contributed by atoms with van der Waals surface area (Å²) in [6.45, 7) is 0.741. The topological polar surface area (TPSA) is 22.0 Å². The summed E-state index contributed by atoms with van der Waals surface area (Å²) in [4.78, 5) is 12.7. The van der Waals surface area contributed by atoms with E-state index < -0.39 is 0 Å². The van der Waals surface area contributed by atoms with E-state index in [9.17, 15) is 4.79 Å². The first-order chi connectivity index (χ1) is 8.83. The van der Waals surface area contributed by atoms with Crippen LogP contribution >= 0.6 is 11.3 Å². The molecule has 0 unspecified atom stereocenters. The minimum atomic E-state index is 0.225. The predicted molar refractivity (Wildman–Crippen MR) is 75.2 cm³/mol. The van der Waals surface area contributed by atoms with Crippen molar-refractivity contribution in [3.63, 3.8) is 0 Å². The average Bonchev–Trinajstić information content (AvgIpc) is 3.04. The molecule has 0 atom stereocenters. The van der Waals surface area contributed by atoms with Crippen LogP contribution in [0.3, 0.4) is 0 Å². The van der Waals surface area contributed by atoms with Gasteiger partial charge in [0.25, 0.3) is 0 Å². The number of ketones is 1. The van der Waals surface area contributed by atoms with Crippen molar-refractivity contribution in [3.8, 4) is 0 Å². The molecule has 2 aromatic heterocycles. The molecule has 3 rings (SSSR count). The zero-order chi connectivity index (χ0) is 12.4. The highest BCUT2D eigenvalue weighted by atomic mass is 32.1. The van der Waals surface area contributed by atoms with Gasteiger partial charge in [-0.05, 0) is 22.2 Å². The summed E-state index contributed by atoms with van der Waals surface area (Å²) in [5.74, 6) is 0.225. The van der Waals surface area contributed by atoms with Crippen molar-refractivity contribution < 1.29 is 4.79 Å². The van der Waals surface area contributed by atoms with Crippen molar-refractivity contribution in [2.75, 3.05) is 0 Å². The lowest BCUT2D eigenvalue weighted by molar-refractivity contribution is 0.0981. The van der Waals surface area contributed by atoms with Crippen LogP contribution in [0, 0.1) is 0 Å². The third-order valence-electron chi connectivity index (χ3n) is 3.00. The molecule has 3 heteroatoms. The first-order valence-corrected chi connectivity index (χ1v) is 6.82. The lowest BCUT2D eigenvalue weighted by atomic mass is 10.2. The zero-order valence-corrected chi connectivity index (χ0v) is 10.7. The molecule has 90 valence electrons. The predicted octanol–water partition coefficient (Wildman–Crippen LogP) is 3.98. The fourth-order valence-corrected chi connectivity index (χ4v) is 2.76. The number of aromatic nitrogens is 1. The van der Waals surface area contributed by atoms with Crippen LogP contribution in [0.25, 0.3) is 10.8 Å². The maximum atomic E-state index is 11.9. The van der Waals surface area contributed by atoms with Crippen LogP contribution in [0.4, 0.5) is 0 Å². The summed E-state index contributed by atoms with van der Waals surface area (Å²) in [7, 11) is 0. The molecule has 0 spiro atoms. The minimum absolute atomic E-state index is 0.225. The van der Waals surface area contributed by atoms with E-state index in [0.29, 0.717) is 6.42 Å². The van der Waals surface area contributed by atoms with Crippen molar-refractivity contribution >= 4 is 27.9 Å². The van der Waals surface area contributed by atoms with E-state index in [1.54, 1.807) is 0 Å². The van der Waals surface area contributed by atoms with Crippen molar-refractivity contribution in [1.82, 2.24) is 4.57 Å². The molecule has 0 aliphatic rings. The molecule has 0 aliphatic heterocycles. The van der Waals surface area contributed by atoms with E-state index in [-0.39, 0.29) is 5.78 Å². The van der Waals surface area contributed by atoms with Crippen molar-refractivity contribution in [1.29, 1.82) is 0 Å². The molecule has 18 heavy (non-hydrogen) atoms. The van der Waals surface area contributed by atoms with Gasteiger partial charge in [-0.1, -0.05) is 30.3 Å². The number of nitrogens with zero attached hydrogens (tertiary/aromatic N) is 1. The van der Waals surface area contributed by atoms with Gasteiger partial charge in [0.1, 0.15) is 0 Å². The van der Waals surface area contributed by atoms with Crippen LogP contribution in [0.2, 0.25) is 0 Å². The van der Waals surface area contributed by atoms with Crippen molar-refractivity contribution in [2.24, 2.45) is 0 Å². The second-order valence-electron chi connectivity index (χ2n) is 4.28. The number of benzene rings is 1. The molecule has 0 aliphatic carbocycles. The van der Waals surface area contributed by atoms with Gasteiger partial charge >= 0.3 is 0 Å². The van der Waals surface area contributed by atoms with Gasteiger partial charge in [0.2, 0.25) is 0 Å². The Balaban J connectivity index is 1.71. The Bertz CT molecular complexity index is 634. The van der Waals surface area contributed by atoms with E-state index in [1.165, 1.54) is 22.1 Å². The monoisotopic (exact) mass is 255 g/mol. The third-order valence-corrected chi connectivity index (χ3v) is 3.91. The van der Waals surface area contributed by atoms with Crippen LogP contribution in [0.15, 0.2) is 54.2 Å². The fourth-order valence-electron chi connectivity index (χ4n) is 2.06. The van der Waals surface area contributed by atoms with Gasteiger partial charge in [-0.15, -0.1) is 11.3 Å². The number of aryl methyl sites for hydroxylation is 1. The molecule has 3 aromatic rings. The molecule has 0 N–H and O–H groups in total. The lowest BCUT2D eigenvalue weighted by Crippen LogP contribution is -2.02. The maximum Gasteiger partial charge on any atom is 0.174 e. The van der Waals surface area contributed by atoms with Gasteiger partial charge in [0.05, 0.1) is 4.88 Å². The van der Waals surface area contributed by atoms with E-state index >= 15 is 0 Å². The van der Waals surface area contributed by atoms with Gasteiger partial charge in [-0.2, -0.15) is 0 Å². The molecule has 0 radical (unpaired) electrons. The van der Waals surface area contributed by atoms with Crippen LogP contribution in [0.5, 0.6) is 0 Å². The van der Waals surface area contributed by atoms with E-state index in [2.05, 4.69) is 29.1 Å². The van der Waals surface area contributed by atoms with Crippen LogP contribution in [-0.2, 0) is 6.54 Å². The number of thiophene rings is 1. The molecular formula is C15H13NOS. The number of carbonyl (C=O) groups is 1. The number of fused-ring (bicyclic) bond motifs is 1. The van der Waals surface area contributed by atoms with Crippen molar-refractivity contribution in [3.05, 3.63) is 59.0 Å². The molecule has 0 saturated carbocycles. The molecular weight excluding hydrogens is 242 g/mol. The smallest absolute Gasteiger partial charge is 0.174 e. The largest absolute Gasteiger partial charge is 0.353 e. The van der Waals surface area contributed by atoms with E-state index in [1.807, 2.05) is 29.6 Å². The van der Waals surface area contributed by atoms with Gasteiger partial charge in [0.15, 0.2) is 5.78 Å². The Morgan fingerprint density at radius 2 is 1.78 bits per heavy atom. The summed E-state index contributed by atoms with van der Waals surface area (Å²) in [6.07, 6.45) is 4.75. The average molecular weight is 255 g/mol. The molecule has 2 heterocycles. The first-order valence-electron chi connectivity index (χ1n) is 5.94. The molecule has 0 amide bonds. The Labute approximate surface area is 109 Å². The highest BCUT2D eigenvalue weighted by molar-refractivity contribution is 7.12. The first kappa shape index (κ1) is 11.2. The molecule has 0 fully saturated rings. The standard InChI is InChI=1S/C15H13NOS/c17-14(15-6-3-9-18-15)7-8-16-10-12-4-1-2-5-13(12)11-16/h1-6,9-11H,7-8H2. The van der Waals surface area contributed by atoms with Gasteiger partial charge < -0.3 is 4.57 Å². The number of rotatable bonds is 4. The van der Waals surface area contributed by atoms with Crippen LogP contribution in [0.1, 0.15) is 16.1 Å². The number of hydrogen-bond acceptors (Lipinski definition) is 2. The van der Waals surface area contributed by atoms with Gasteiger partial charge in [-0.3, -0.25) is 4.79 Å². The van der Waals surface area contributed by atoms with Crippen molar-refractivity contribution in [2.45, 2.75) is 13.0 Å². The third kappa shape index (κ3) is 2.22. The van der Waals surface area contributed by atoms with Crippen LogP contribution in [-0.4, -0.2) is 10.4 Å². The molecule has 0 saturated heterocycles. The highest BCUT2D eigenvalue weighted by Crippen LogP contribution is 2.16. The quantitative estimate of drug-likeness (QED) is 0.646. The normalized spacial score (nSPS) is 10.9. The Morgan fingerprint density at radius 3 is 2.39 bits per heavy atom. The zero-order valence-electron chi connectivity index (χ0n) is 9.87. The highest BCUT2D eigenvalue weighted by Gasteiger charge is 2.07. The Hall–Kier alpha value is -1.87. The number of Topliss-reactive ketones (excluding diaryl/α,β-unsaturated/α-hetero) is 1. The molecule has 0 bridgehead atoms. The number of hydrogen-bond donors (Lipinski definition) is 0. The van der Waals surface area contributed by atoms with Gasteiger partial charge in [-0.25, -0.2) is 0 Å². The van der Waals surface area contributed by atoms with Gasteiger partial charge in [0, 0.05) is 25.4 Å². The SMILES string of the molecule is O=C(CCn1cc2ccccc2c1)c1cccs1. The summed E-state index contributed by atoms with van der Waals surface area (Å²) >= 11 is 1.51. The van der Waals surface area contributed by atoms with E-state index in [0.717, 1.165) is 11.4 Å². The summed E-state index contributed by atoms with van der Waals surface area (Å²) in [5.41, 5.74) is 0. The summed E-state index contributed by atoms with van der Waals surface area (Å²) < 4.78 is 2.09. The molecule has 1 aromatic carbocycles. The second kappa shape index (κ2) is 4.78. The summed E-state index contributed by atoms with van der Waals surface area (Å²) in [6, 6.07) is 12.0. The fraction of sp³-hybridized carbons (Fsp3) is 0.133. The second-order valence-corrected chi connectivity index (χ2v) is 5.22. The van der Waals surface area contributed by atoms with E-state index in [4.69, 9.17) is 0 Å². The minimum Gasteiger partial charge on any atom is -0.353 e.